The molecular weight excluding hydrogens is 266 g/mol. The van der Waals surface area contributed by atoms with Gasteiger partial charge in [0, 0.05) is 19.0 Å². The van der Waals surface area contributed by atoms with Crippen molar-refractivity contribution in [3.05, 3.63) is 32.6 Å². The van der Waals surface area contributed by atoms with Crippen molar-refractivity contribution >= 4 is 0 Å². The first-order valence-electron chi connectivity index (χ1n) is 6.22. The van der Waals surface area contributed by atoms with E-state index in [1.807, 2.05) is 6.07 Å². The number of aromatic nitrogens is 2. The van der Waals surface area contributed by atoms with Gasteiger partial charge >= 0.3 is 5.69 Å². The van der Waals surface area contributed by atoms with Gasteiger partial charge in [-0.2, -0.15) is 5.26 Å². The highest BCUT2D eigenvalue weighted by Crippen LogP contribution is 2.29. The van der Waals surface area contributed by atoms with Gasteiger partial charge in [-0.15, -0.1) is 0 Å². The Morgan fingerprint density at radius 1 is 1.55 bits per heavy atom. The fourth-order valence-corrected chi connectivity index (χ4v) is 2.21. The van der Waals surface area contributed by atoms with E-state index in [0.717, 1.165) is 4.57 Å². The van der Waals surface area contributed by atoms with Gasteiger partial charge in [-0.25, -0.2) is 4.79 Å². The molecule has 3 N–H and O–H groups in total. The van der Waals surface area contributed by atoms with E-state index in [1.165, 1.54) is 6.20 Å². The number of aliphatic hydroxyl groups excluding tert-OH is 2. The molecule has 8 heteroatoms. The standard InChI is InChI=1S/C12H15N3O5/c13-3-1-2-9-8(17)4-10(20-9)15-5-7(6-16)11(18)14-12(15)19/h5,8-10,16-17H,1-2,4,6H2,(H,14,18,19)/t8-,9+,10+/m0/s1. The maximum atomic E-state index is 11.7. The number of rotatable bonds is 4. The fourth-order valence-electron chi connectivity index (χ4n) is 2.21. The van der Waals surface area contributed by atoms with Crippen LogP contribution in [0.1, 0.15) is 31.1 Å². The Morgan fingerprint density at radius 2 is 2.30 bits per heavy atom. The van der Waals surface area contributed by atoms with Crippen LogP contribution in [-0.2, 0) is 11.3 Å². The molecule has 3 atom stereocenters. The molecule has 0 aliphatic carbocycles. The van der Waals surface area contributed by atoms with Gasteiger partial charge in [0.2, 0.25) is 0 Å². The zero-order chi connectivity index (χ0) is 14.7. The van der Waals surface area contributed by atoms with Gasteiger partial charge in [0.15, 0.2) is 0 Å². The minimum absolute atomic E-state index is 0.0446. The molecule has 2 rings (SSSR count). The van der Waals surface area contributed by atoms with E-state index in [2.05, 4.69) is 4.98 Å². The Hall–Kier alpha value is -1.95. The summed E-state index contributed by atoms with van der Waals surface area (Å²) in [5, 5.41) is 27.4. The van der Waals surface area contributed by atoms with Crippen LogP contribution in [0.2, 0.25) is 0 Å². The van der Waals surface area contributed by atoms with Gasteiger partial charge < -0.3 is 14.9 Å². The minimum Gasteiger partial charge on any atom is -0.391 e. The van der Waals surface area contributed by atoms with Gasteiger partial charge in [-0.3, -0.25) is 14.3 Å². The third kappa shape index (κ3) is 2.80. The van der Waals surface area contributed by atoms with Crippen molar-refractivity contribution < 1.29 is 14.9 Å². The van der Waals surface area contributed by atoms with Crippen LogP contribution in [0, 0.1) is 11.3 Å². The zero-order valence-electron chi connectivity index (χ0n) is 10.7. The largest absolute Gasteiger partial charge is 0.391 e. The summed E-state index contributed by atoms with van der Waals surface area (Å²) in [6.45, 7) is -0.497. The summed E-state index contributed by atoms with van der Waals surface area (Å²) in [4.78, 5) is 25.2. The molecule has 0 bridgehead atoms. The van der Waals surface area contributed by atoms with E-state index >= 15 is 0 Å². The Morgan fingerprint density at radius 3 is 2.95 bits per heavy atom. The molecule has 0 saturated carbocycles. The van der Waals surface area contributed by atoms with Crippen LogP contribution < -0.4 is 11.2 Å². The van der Waals surface area contributed by atoms with E-state index in [0.29, 0.717) is 6.42 Å². The Balaban J connectivity index is 2.23. The molecule has 20 heavy (non-hydrogen) atoms. The van der Waals surface area contributed by atoms with Crippen molar-refractivity contribution in [3.63, 3.8) is 0 Å². The maximum absolute atomic E-state index is 11.7. The van der Waals surface area contributed by atoms with Crippen LogP contribution in [-0.4, -0.2) is 32.0 Å². The maximum Gasteiger partial charge on any atom is 0.330 e. The number of H-pyrrole nitrogens is 1. The predicted octanol–water partition coefficient (Wildman–Crippen LogP) is -1.02. The molecule has 1 aromatic rings. The van der Waals surface area contributed by atoms with Gasteiger partial charge in [0.05, 0.1) is 30.4 Å². The van der Waals surface area contributed by atoms with Crippen molar-refractivity contribution in [3.8, 4) is 6.07 Å². The third-order valence-electron chi connectivity index (χ3n) is 3.27. The molecule has 2 heterocycles. The van der Waals surface area contributed by atoms with Crippen molar-refractivity contribution in [2.24, 2.45) is 0 Å². The molecule has 8 nitrogen and oxygen atoms in total. The van der Waals surface area contributed by atoms with Crippen molar-refractivity contribution in [2.75, 3.05) is 0 Å². The molecule has 1 aromatic heterocycles. The average Bonchev–Trinajstić information content (AvgIpc) is 2.77. The molecule has 1 saturated heterocycles. The van der Waals surface area contributed by atoms with E-state index < -0.39 is 36.3 Å². The van der Waals surface area contributed by atoms with Crippen LogP contribution in [0.5, 0.6) is 0 Å². The summed E-state index contributed by atoms with van der Waals surface area (Å²) in [5.74, 6) is 0. The van der Waals surface area contributed by atoms with Crippen LogP contribution >= 0.6 is 0 Å². The lowest BCUT2D eigenvalue weighted by atomic mass is 10.1. The van der Waals surface area contributed by atoms with Crippen LogP contribution in [0.15, 0.2) is 15.8 Å². The molecule has 0 unspecified atom stereocenters. The lowest BCUT2D eigenvalue weighted by molar-refractivity contribution is -0.0236. The molecule has 0 aromatic carbocycles. The first kappa shape index (κ1) is 14.5. The van der Waals surface area contributed by atoms with E-state index in [1.54, 1.807) is 0 Å². The topological polar surface area (TPSA) is 128 Å². The van der Waals surface area contributed by atoms with Crippen molar-refractivity contribution in [1.82, 2.24) is 9.55 Å². The number of nitrogens with zero attached hydrogens (tertiary/aromatic N) is 2. The number of aromatic amines is 1. The summed E-state index contributed by atoms with van der Waals surface area (Å²) in [7, 11) is 0. The molecule has 1 aliphatic heterocycles. The summed E-state index contributed by atoms with van der Waals surface area (Å²) in [5.41, 5.74) is -1.26. The minimum atomic E-state index is -0.773. The van der Waals surface area contributed by atoms with Crippen molar-refractivity contribution in [1.29, 1.82) is 5.26 Å². The van der Waals surface area contributed by atoms with Crippen LogP contribution in [0.25, 0.3) is 0 Å². The SMILES string of the molecule is N#CCC[C@H]1O[C@@H](n2cc(CO)c(=O)[nH]c2=O)C[C@@H]1O. The summed E-state index contributed by atoms with van der Waals surface area (Å²) in [6.07, 6.45) is 0.0258. The second kappa shape index (κ2) is 6.00. The zero-order valence-corrected chi connectivity index (χ0v) is 10.7. The number of hydrogen-bond acceptors (Lipinski definition) is 6. The number of ether oxygens (including phenoxy) is 1. The normalized spacial score (nSPS) is 25.6. The fraction of sp³-hybridized carbons (Fsp3) is 0.583. The number of nitrogens with one attached hydrogen (secondary N) is 1. The number of nitriles is 1. The summed E-state index contributed by atoms with van der Waals surface area (Å²) >= 11 is 0. The van der Waals surface area contributed by atoms with E-state index in [4.69, 9.17) is 15.1 Å². The lowest BCUT2D eigenvalue weighted by Gasteiger charge is -2.15. The molecule has 0 radical (unpaired) electrons. The molecule has 1 fully saturated rings. The smallest absolute Gasteiger partial charge is 0.330 e. The second-order valence-electron chi connectivity index (χ2n) is 4.61. The van der Waals surface area contributed by atoms with E-state index in [9.17, 15) is 14.7 Å². The number of hydrogen-bond donors (Lipinski definition) is 3. The second-order valence-corrected chi connectivity index (χ2v) is 4.61. The molecule has 0 amide bonds. The lowest BCUT2D eigenvalue weighted by Crippen LogP contribution is -2.34. The third-order valence-corrected chi connectivity index (χ3v) is 3.27. The molecular formula is C12H15N3O5. The molecule has 0 spiro atoms. The average molecular weight is 281 g/mol. The Labute approximate surface area is 113 Å². The highest BCUT2D eigenvalue weighted by Gasteiger charge is 2.35. The quantitative estimate of drug-likeness (QED) is 0.648. The van der Waals surface area contributed by atoms with Gasteiger partial charge in [-0.1, -0.05) is 0 Å². The summed E-state index contributed by atoms with van der Waals surface area (Å²) in [6, 6.07) is 1.97. The Kier molecular flexibility index (Phi) is 4.34. The predicted molar refractivity (Wildman–Crippen MR) is 66.6 cm³/mol. The monoisotopic (exact) mass is 281 g/mol. The van der Waals surface area contributed by atoms with Crippen molar-refractivity contribution in [2.45, 2.75) is 44.3 Å². The van der Waals surface area contributed by atoms with Crippen LogP contribution in [0.3, 0.4) is 0 Å². The van der Waals surface area contributed by atoms with Gasteiger partial charge in [0.25, 0.3) is 5.56 Å². The molecule has 1 aliphatic rings. The highest BCUT2D eigenvalue weighted by atomic mass is 16.5. The first-order chi connectivity index (χ1) is 9.56. The number of aliphatic hydroxyl groups is 2. The van der Waals surface area contributed by atoms with Crippen LogP contribution in [0.4, 0.5) is 0 Å². The first-order valence-corrected chi connectivity index (χ1v) is 6.22. The van der Waals surface area contributed by atoms with E-state index in [-0.39, 0.29) is 18.4 Å². The highest BCUT2D eigenvalue weighted by molar-refractivity contribution is 5.03. The van der Waals surface area contributed by atoms with Gasteiger partial charge in [0.1, 0.15) is 6.23 Å². The Bertz CT molecular complexity index is 629. The van der Waals surface area contributed by atoms with Gasteiger partial charge in [-0.05, 0) is 6.42 Å². The summed E-state index contributed by atoms with van der Waals surface area (Å²) < 4.78 is 6.68. The molecule has 108 valence electrons.